The molecule has 0 unspecified atom stereocenters. The molecule has 0 rings (SSSR count). The highest BCUT2D eigenvalue weighted by molar-refractivity contribution is 5.72. The fourth-order valence-electron chi connectivity index (χ4n) is 0.324. The summed E-state index contributed by atoms with van der Waals surface area (Å²) in [6.45, 7) is 9.34. The molecule has 0 spiro atoms. The summed E-state index contributed by atoms with van der Waals surface area (Å²) in [4.78, 5) is 13.5. The molecule has 0 fully saturated rings. The summed E-state index contributed by atoms with van der Waals surface area (Å²) in [7, 11) is 0. The Morgan fingerprint density at radius 3 is 2.40 bits per heavy atom. The third kappa shape index (κ3) is 5.28. The second-order valence-corrected chi connectivity index (χ2v) is 3.27. The number of rotatable bonds is 1. The van der Waals surface area contributed by atoms with E-state index in [0.717, 1.165) is 0 Å². The van der Waals surface area contributed by atoms with Crippen LogP contribution in [-0.4, -0.2) is 19.4 Å². The van der Waals surface area contributed by atoms with Gasteiger partial charge in [-0.3, -0.25) is 0 Å². The summed E-state index contributed by atoms with van der Waals surface area (Å²) < 4.78 is 4.69. The van der Waals surface area contributed by atoms with Crippen LogP contribution in [0.3, 0.4) is 0 Å². The second-order valence-electron chi connectivity index (χ2n) is 3.27. The van der Waals surface area contributed by atoms with E-state index >= 15 is 0 Å². The van der Waals surface area contributed by atoms with Crippen molar-refractivity contribution < 1.29 is 9.53 Å². The van der Waals surface area contributed by atoms with Gasteiger partial charge in [-0.1, -0.05) is 20.8 Å². The Bertz CT molecular complexity index is 135. The van der Waals surface area contributed by atoms with Crippen molar-refractivity contribution in [2.24, 2.45) is 10.4 Å². The molecular formula is C7H13NO2. The van der Waals surface area contributed by atoms with Gasteiger partial charge in [0.15, 0.2) is 0 Å². The van der Waals surface area contributed by atoms with Gasteiger partial charge >= 0.3 is 6.09 Å². The lowest BCUT2D eigenvalue weighted by molar-refractivity contribution is 0.115. The maximum Gasteiger partial charge on any atom is 0.432 e. The minimum absolute atomic E-state index is 0.000347. The van der Waals surface area contributed by atoms with Crippen molar-refractivity contribution in [2.75, 3.05) is 6.61 Å². The topological polar surface area (TPSA) is 38.7 Å². The van der Waals surface area contributed by atoms with Crippen LogP contribution in [0.25, 0.3) is 0 Å². The molecule has 1 amide bonds. The average Bonchev–Trinajstić information content (AvgIpc) is 1.81. The summed E-state index contributed by atoms with van der Waals surface area (Å²) in [5.74, 6) is 0. The Morgan fingerprint density at radius 1 is 1.60 bits per heavy atom. The lowest BCUT2D eigenvalue weighted by atomic mass is 9.99. The second kappa shape index (κ2) is 3.34. The molecule has 0 saturated carbocycles. The summed E-state index contributed by atoms with van der Waals surface area (Å²) in [6, 6.07) is 0. The first kappa shape index (κ1) is 9.14. The van der Waals surface area contributed by atoms with Gasteiger partial charge in [0.2, 0.25) is 0 Å². The number of nitrogens with zero attached hydrogens (tertiary/aromatic N) is 1. The first-order valence-electron chi connectivity index (χ1n) is 3.09. The summed E-state index contributed by atoms with van der Waals surface area (Å²) in [5.41, 5.74) is 0.000347. The summed E-state index contributed by atoms with van der Waals surface area (Å²) in [6.07, 6.45) is -0.602. The predicted molar refractivity (Wildman–Crippen MR) is 40.4 cm³/mol. The highest BCUT2D eigenvalue weighted by Gasteiger charge is 2.12. The summed E-state index contributed by atoms with van der Waals surface area (Å²) in [5, 5.41) is 0. The van der Waals surface area contributed by atoms with Crippen LogP contribution in [-0.2, 0) is 4.74 Å². The van der Waals surface area contributed by atoms with E-state index in [1.54, 1.807) is 0 Å². The Morgan fingerprint density at radius 2 is 2.10 bits per heavy atom. The highest BCUT2D eigenvalue weighted by atomic mass is 16.5. The van der Waals surface area contributed by atoms with Gasteiger partial charge in [-0.2, -0.15) is 4.99 Å². The smallest absolute Gasteiger partial charge is 0.432 e. The molecule has 0 bridgehead atoms. The van der Waals surface area contributed by atoms with Crippen LogP contribution in [0.5, 0.6) is 0 Å². The molecule has 58 valence electrons. The zero-order valence-electron chi connectivity index (χ0n) is 6.68. The molecule has 0 N–H and O–H groups in total. The fraction of sp³-hybridized carbons (Fsp3) is 0.714. The number of ether oxygens (including phenoxy) is 1. The van der Waals surface area contributed by atoms with Crippen molar-refractivity contribution in [3.8, 4) is 0 Å². The summed E-state index contributed by atoms with van der Waals surface area (Å²) >= 11 is 0. The predicted octanol–water partition coefficient (Wildman–Crippen LogP) is 1.87. The maximum absolute atomic E-state index is 10.4. The van der Waals surface area contributed by atoms with E-state index in [-0.39, 0.29) is 5.41 Å². The average molecular weight is 143 g/mol. The molecule has 0 atom stereocenters. The van der Waals surface area contributed by atoms with Gasteiger partial charge in [0.1, 0.15) is 0 Å². The molecule has 0 aliphatic carbocycles. The monoisotopic (exact) mass is 143 g/mol. The molecule has 0 aromatic carbocycles. The van der Waals surface area contributed by atoms with Gasteiger partial charge in [0.25, 0.3) is 0 Å². The SMILES string of the molecule is C=NC(=O)OCC(C)(C)C. The maximum atomic E-state index is 10.4. The highest BCUT2D eigenvalue weighted by Crippen LogP contribution is 2.12. The van der Waals surface area contributed by atoms with Gasteiger partial charge in [-0.15, -0.1) is 0 Å². The fourth-order valence-corrected chi connectivity index (χ4v) is 0.324. The normalized spacial score (nSPS) is 10.7. The quantitative estimate of drug-likeness (QED) is 0.525. The Hall–Kier alpha value is -0.860. The molecule has 3 nitrogen and oxygen atoms in total. The van der Waals surface area contributed by atoms with Crippen molar-refractivity contribution in [2.45, 2.75) is 20.8 Å². The number of carbonyl (C=O) groups excluding carboxylic acids is 1. The van der Waals surface area contributed by atoms with Gasteiger partial charge in [-0.05, 0) is 12.1 Å². The molecule has 0 heterocycles. The van der Waals surface area contributed by atoms with Crippen molar-refractivity contribution in [1.29, 1.82) is 0 Å². The first-order chi connectivity index (χ1) is 4.45. The number of carbonyl (C=O) groups is 1. The van der Waals surface area contributed by atoms with E-state index in [0.29, 0.717) is 6.61 Å². The molecule has 0 aromatic heterocycles. The van der Waals surface area contributed by atoms with E-state index in [9.17, 15) is 4.79 Å². The Balaban J connectivity index is 3.55. The minimum atomic E-state index is -0.602. The van der Waals surface area contributed by atoms with E-state index in [4.69, 9.17) is 0 Å². The molecule has 3 heteroatoms. The van der Waals surface area contributed by atoms with Crippen molar-refractivity contribution in [1.82, 2.24) is 0 Å². The third-order valence-corrected chi connectivity index (χ3v) is 0.758. The van der Waals surface area contributed by atoms with E-state index in [1.807, 2.05) is 20.8 Å². The van der Waals surface area contributed by atoms with Crippen molar-refractivity contribution >= 4 is 12.8 Å². The first-order valence-corrected chi connectivity index (χ1v) is 3.09. The van der Waals surface area contributed by atoms with E-state index < -0.39 is 6.09 Å². The van der Waals surface area contributed by atoms with Gasteiger partial charge < -0.3 is 4.74 Å². The zero-order valence-corrected chi connectivity index (χ0v) is 6.68. The Labute approximate surface area is 61.1 Å². The minimum Gasteiger partial charge on any atom is -0.447 e. The third-order valence-electron chi connectivity index (χ3n) is 0.758. The lowest BCUT2D eigenvalue weighted by Gasteiger charge is -2.16. The van der Waals surface area contributed by atoms with Crippen LogP contribution < -0.4 is 0 Å². The molecule has 0 aliphatic heterocycles. The van der Waals surface area contributed by atoms with Crippen LogP contribution in [0, 0.1) is 5.41 Å². The standard InChI is InChI=1S/C7H13NO2/c1-7(2,3)5-10-6(9)8-4/h4-5H2,1-3H3. The van der Waals surface area contributed by atoms with Crippen LogP contribution in [0.15, 0.2) is 4.99 Å². The number of hydrogen-bond acceptors (Lipinski definition) is 2. The van der Waals surface area contributed by atoms with Crippen LogP contribution in [0.1, 0.15) is 20.8 Å². The molecular weight excluding hydrogens is 130 g/mol. The van der Waals surface area contributed by atoms with Gasteiger partial charge in [0.05, 0.1) is 6.61 Å². The molecule has 0 aromatic rings. The lowest BCUT2D eigenvalue weighted by Crippen LogP contribution is -2.16. The molecule has 10 heavy (non-hydrogen) atoms. The van der Waals surface area contributed by atoms with Gasteiger partial charge in [-0.25, -0.2) is 4.79 Å². The van der Waals surface area contributed by atoms with Crippen molar-refractivity contribution in [3.63, 3.8) is 0 Å². The van der Waals surface area contributed by atoms with Gasteiger partial charge in [0, 0.05) is 0 Å². The van der Waals surface area contributed by atoms with E-state index in [1.165, 1.54) is 0 Å². The number of hydrogen-bond donors (Lipinski definition) is 0. The van der Waals surface area contributed by atoms with Crippen LogP contribution in [0.2, 0.25) is 0 Å². The van der Waals surface area contributed by atoms with Crippen LogP contribution in [0.4, 0.5) is 4.79 Å². The van der Waals surface area contributed by atoms with E-state index in [2.05, 4.69) is 16.4 Å². The number of amides is 1. The molecule has 0 radical (unpaired) electrons. The molecule has 0 aliphatic rings. The number of aliphatic imine (C=N–C) groups is 1. The Kier molecular flexibility index (Phi) is 3.06. The molecule has 0 saturated heterocycles. The van der Waals surface area contributed by atoms with Crippen molar-refractivity contribution in [3.05, 3.63) is 0 Å². The largest absolute Gasteiger partial charge is 0.447 e. The zero-order chi connectivity index (χ0) is 8.20. The van der Waals surface area contributed by atoms with Crippen LogP contribution >= 0.6 is 0 Å².